The Morgan fingerprint density at radius 3 is 2.77 bits per heavy atom. The molecule has 0 saturated heterocycles. The summed E-state index contributed by atoms with van der Waals surface area (Å²) >= 11 is 5.49. The smallest absolute Gasteiger partial charge is 0.282 e. The predicted molar refractivity (Wildman–Crippen MR) is 162 cm³/mol. The van der Waals surface area contributed by atoms with Gasteiger partial charge in [-0.3, -0.25) is 9.59 Å². The number of halogens is 3. The summed E-state index contributed by atoms with van der Waals surface area (Å²) in [5.74, 6) is 0.437. The van der Waals surface area contributed by atoms with Crippen molar-refractivity contribution in [1.82, 2.24) is 9.66 Å². The largest absolute Gasteiger partial charge is 0.493 e. The first-order valence-corrected chi connectivity index (χ1v) is 13.9. The highest BCUT2D eigenvalue weighted by Crippen LogP contribution is 2.33. The Hall–Kier alpha value is -3.32. The fraction of sp³-hybridized carbons (Fsp3) is 0.214. The highest BCUT2D eigenvalue weighted by molar-refractivity contribution is 14.1. The molecule has 0 saturated carbocycles. The van der Waals surface area contributed by atoms with Crippen molar-refractivity contribution >= 4 is 67.2 Å². The van der Waals surface area contributed by atoms with Crippen LogP contribution in [0.4, 0.5) is 10.1 Å². The summed E-state index contributed by atoms with van der Waals surface area (Å²) in [5, 5.41) is 7.56. The molecule has 0 aliphatic rings. The maximum absolute atomic E-state index is 13.4. The van der Waals surface area contributed by atoms with Gasteiger partial charge in [0.25, 0.3) is 11.5 Å². The lowest BCUT2D eigenvalue weighted by molar-refractivity contribution is -0.118. The molecule has 8 nitrogen and oxygen atoms in total. The van der Waals surface area contributed by atoms with Gasteiger partial charge in [0, 0.05) is 16.1 Å². The van der Waals surface area contributed by atoms with Crippen LogP contribution in [-0.4, -0.2) is 35.5 Å². The lowest BCUT2D eigenvalue weighted by atomic mass is 10.1. The molecule has 0 spiro atoms. The van der Waals surface area contributed by atoms with Crippen LogP contribution in [0.25, 0.3) is 10.9 Å². The Bertz CT molecular complexity index is 1630. The number of carbonyl (C=O) groups excluding carboxylic acids is 1. The minimum Gasteiger partial charge on any atom is -0.493 e. The third-order valence-corrected chi connectivity index (χ3v) is 7.21. The van der Waals surface area contributed by atoms with Crippen LogP contribution in [0.5, 0.6) is 11.5 Å². The maximum Gasteiger partial charge on any atom is 0.282 e. The summed E-state index contributed by atoms with van der Waals surface area (Å²) in [6.45, 7) is 3.73. The van der Waals surface area contributed by atoms with E-state index in [0.29, 0.717) is 43.0 Å². The van der Waals surface area contributed by atoms with Gasteiger partial charge >= 0.3 is 0 Å². The Morgan fingerprint density at radius 1 is 1.26 bits per heavy atom. The predicted octanol–water partition coefficient (Wildman–Crippen LogP) is 6.32. The molecular weight excluding hydrogens is 682 g/mol. The second-order valence-corrected chi connectivity index (χ2v) is 10.8. The van der Waals surface area contributed by atoms with Crippen LogP contribution < -0.4 is 20.3 Å². The zero-order valence-electron chi connectivity index (χ0n) is 21.4. The number of hydrogen-bond acceptors (Lipinski definition) is 6. The van der Waals surface area contributed by atoms with Crippen LogP contribution in [0.2, 0.25) is 0 Å². The molecule has 1 atom stereocenters. The molecule has 1 heterocycles. The summed E-state index contributed by atoms with van der Waals surface area (Å²) in [5.41, 5.74) is 1.34. The van der Waals surface area contributed by atoms with E-state index in [4.69, 9.17) is 14.5 Å². The Kier molecular flexibility index (Phi) is 9.33. The number of benzene rings is 3. The number of nitrogens with one attached hydrogen (secondary N) is 1. The van der Waals surface area contributed by atoms with Gasteiger partial charge in [-0.25, -0.2) is 9.37 Å². The van der Waals surface area contributed by atoms with Gasteiger partial charge in [0.15, 0.2) is 18.1 Å². The van der Waals surface area contributed by atoms with Gasteiger partial charge in [0.05, 0.1) is 27.8 Å². The number of amides is 1. The van der Waals surface area contributed by atoms with E-state index in [1.54, 1.807) is 30.5 Å². The summed E-state index contributed by atoms with van der Waals surface area (Å²) in [6, 6.07) is 14.5. The van der Waals surface area contributed by atoms with Gasteiger partial charge in [-0.1, -0.05) is 35.8 Å². The fourth-order valence-electron chi connectivity index (χ4n) is 3.76. The lowest BCUT2D eigenvalue weighted by Gasteiger charge is -2.15. The fourth-order valence-corrected chi connectivity index (χ4v) is 4.90. The van der Waals surface area contributed by atoms with Gasteiger partial charge in [-0.05, 0) is 83.1 Å². The lowest BCUT2D eigenvalue weighted by Crippen LogP contribution is -2.23. The Balaban J connectivity index is 1.60. The van der Waals surface area contributed by atoms with Gasteiger partial charge in [-0.15, -0.1) is 0 Å². The van der Waals surface area contributed by atoms with E-state index < -0.39 is 11.7 Å². The van der Waals surface area contributed by atoms with E-state index in [2.05, 4.69) is 48.9 Å². The van der Waals surface area contributed by atoms with Crippen molar-refractivity contribution < 1.29 is 18.7 Å². The van der Waals surface area contributed by atoms with E-state index in [9.17, 15) is 14.0 Å². The molecule has 0 fully saturated rings. The Morgan fingerprint density at radius 2 is 2.05 bits per heavy atom. The van der Waals surface area contributed by atoms with Crippen molar-refractivity contribution in [1.29, 1.82) is 0 Å². The van der Waals surface area contributed by atoms with Crippen molar-refractivity contribution in [2.75, 3.05) is 19.0 Å². The molecule has 1 amide bonds. The van der Waals surface area contributed by atoms with E-state index in [-0.39, 0.29) is 18.1 Å². The molecule has 4 rings (SSSR count). The molecule has 0 radical (unpaired) electrons. The standard InChI is InChI=1S/C28H25BrFIN4O4/c1-4-16(2)27-34-23-9-8-18(29)12-21(23)28(37)35(27)32-14-17-10-22(31)26(24(11-17)38-3)39-15-25(36)33-20-7-5-6-19(30)13-20/h5-14,16H,4,15H2,1-3H3,(H,33,36)/t16-/m0/s1. The van der Waals surface area contributed by atoms with Crippen LogP contribution in [0, 0.1) is 9.39 Å². The third-order valence-electron chi connectivity index (χ3n) is 5.92. The third kappa shape index (κ3) is 6.82. The number of carbonyl (C=O) groups is 1. The number of hydrogen-bond donors (Lipinski definition) is 1. The van der Waals surface area contributed by atoms with Crippen molar-refractivity contribution in [3.63, 3.8) is 0 Å². The highest BCUT2D eigenvalue weighted by Gasteiger charge is 2.17. The number of anilines is 1. The molecule has 202 valence electrons. The van der Waals surface area contributed by atoms with Gasteiger partial charge in [0.2, 0.25) is 0 Å². The van der Waals surface area contributed by atoms with Crippen molar-refractivity contribution in [3.05, 3.63) is 90.2 Å². The summed E-state index contributed by atoms with van der Waals surface area (Å²) in [4.78, 5) is 30.4. The van der Waals surface area contributed by atoms with Crippen molar-refractivity contribution in [3.8, 4) is 11.5 Å². The Labute approximate surface area is 246 Å². The molecule has 11 heteroatoms. The van der Waals surface area contributed by atoms with Crippen LogP contribution in [0.15, 0.2) is 69.0 Å². The van der Waals surface area contributed by atoms with Crippen molar-refractivity contribution in [2.45, 2.75) is 26.2 Å². The first-order chi connectivity index (χ1) is 18.7. The second-order valence-electron chi connectivity index (χ2n) is 8.68. The van der Waals surface area contributed by atoms with Gasteiger partial charge < -0.3 is 14.8 Å². The summed E-state index contributed by atoms with van der Waals surface area (Å²) in [7, 11) is 1.49. The molecule has 1 N–H and O–H groups in total. The molecule has 1 aromatic heterocycles. The SMILES string of the molecule is CC[C@H](C)c1nc2ccc(Br)cc2c(=O)n1N=Cc1cc(I)c(OCC(=O)Nc2cccc(F)c2)c(OC)c1. The average Bonchev–Trinajstić information content (AvgIpc) is 2.91. The molecular formula is C28H25BrFIN4O4. The monoisotopic (exact) mass is 706 g/mol. The second kappa shape index (κ2) is 12.7. The minimum absolute atomic E-state index is 0.00636. The molecule has 3 aromatic carbocycles. The summed E-state index contributed by atoms with van der Waals surface area (Å²) < 4.78 is 27.4. The number of rotatable bonds is 9. The van der Waals surface area contributed by atoms with Crippen LogP contribution in [-0.2, 0) is 4.79 Å². The van der Waals surface area contributed by atoms with Gasteiger partial charge in [-0.2, -0.15) is 9.78 Å². The minimum atomic E-state index is -0.451. The molecule has 4 aromatic rings. The van der Waals surface area contributed by atoms with Crippen LogP contribution in [0.3, 0.4) is 0 Å². The zero-order valence-corrected chi connectivity index (χ0v) is 25.1. The first kappa shape index (κ1) is 28.7. The summed E-state index contributed by atoms with van der Waals surface area (Å²) in [6.07, 6.45) is 2.35. The van der Waals surface area contributed by atoms with Crippen LogP contribution in [0.1, 0.15) is 37.6 Å². The number of fused-ring (bicyclic) bond motifs is 1. The highest BCUT2D eigenvalue weighted by atomic mass is 127. The molecule has 39 heavy (non-hydrogen) atoms. The van der Waals surface area contributed by atoms with E-state index >= 15 is 0 Å². The molecule has 0 aliphatic carbocycles. The molecule has 0 aliphatic heterocycles. The molecule has 0 unspecified atom stereocenters. The van der Waals surface area contributed by atoms with Crippen LogP contribution >= 0.6 is 38.5 Å². The number of ether oxygens (including phenoxy) is 2. The van der Waals surface area contributed by atoms with E-state index in [0.717, 1.165) is 10.9 Å². The quantitative estimate of drug-likeness (QED) is 0.162. The zero-order chi connectivity index (χ0) is 28.1. The average molecular weight is 707 g/mol. The van der Waals surface area contributed by atoms with Crippen molar-refractivity contribution in [2.24, 2.45) is 5.10 Å². The van der Waals surface area contributed by atoms with Gasteiger partial charge in [0.1, 0.15) is 11.6 Å². The first-order valence-electron chi connectivity index (χ1n) is 12.0. The van der Waals surface area contributed by atoms with E-state index in [1.165, 1.54) is 30.0 Å². The number of nitrogens with zero attached hydrogens (tertiary/aromatic N) is 3. The van der Waals surface area contributed by atoms with E-state index in [1.807, 2.05) is 26.0 Å². The number of aromatic nitrogens is 2. The maximum atomic E-state index is 13.4. The molecule has 0 bridgehead atoms. The normalized spacial score (nSPS) is 12.1. The number of methoxy groups -OCH3 is 1. The topological polar surface area (TPSA) is 94.8 Å².